The topological polar surface area (TPSA) is 37.4 Å². The molecule has 1 amide bonds. The Morgan fingerprint density at radius 1 is 1.04 bits per heavy atom. The minimum absolute atomic E-state index is 0.0129. The molecule has 0 saturated carbocycles. The van der Waals surface area contributed by atoms with Crippen molar-refractivity contribution in [1.82, 2.24) is 0 Å². The molecule has 0 radical (unpaired) electrons. The van der Waals surface area contributed by atoms with Gasteiger partial charge in [0.15, 0.2) is 5.78 Å². The van der Waals surface area contributed by atoms with Gasteiger partial charge >= 0.3 is 0 Å². The second-order valence-electron chi connectivity index (χ2n) is 8.26. The van der Waals surface area contributed by atoms with E-state index in [-0.39, 0.29) is 29.4 Å². The monoisotopic (exact) mass is 457 g/mol. The zero-order valence-corrected chi connectivity index (χ0v) is 18.2. The number of ketones is 1. The van der Waals surface area contributed by atoms with Crippen molar-refractivity contribution in [2.24, 2.45) is 5.41 Å². The number of para-hydroxylation sites is 1. The summed E-state index contributed by atoms with van der Waals surface area (Å²) in [6.45, 7) is 4.16. The smallest absolute Gasteiger partial charge is 0.232 e. The van der Waals surface area contributed by atoms with E-state index in [9.17, 15) is 9.59 Å². The van der Waals surface area contributed by atoms with E-state index in [1.807, 2.05) is 48.5 Å². The van der Waals surface area contributed by atoms with Crippen LogP contribution in [-0.4, -0.2) is 11.7 Å². The number of rotatable bonds is 2. The molecule has 1 aliphatic carbocycles. The number of nitrogens with zero attached hydrogens (tertiary/aromatic N) is 1. The summed E-state index contributed by atoms with van der Waals surface area (Å²) in [6.07, 6.45) is 1.38. The van der Waals surface area contributed by atoms with Crippen LogP contribution >= 0.6 is 27.5 Å². The molecule has 0 N–H and O–H groups in total. The number of benzene rings is 2. The molecule has 1 heterocycles. The van der Waals surface area contributed by atoms with Gasteiger partial charge in [0.25, 0.3) is 0 Å². The second kappa shape index (κ2) is 7.16. The lowest BCUT2D eigenvalue weighted by molar-refractivity contribution is -0.121. The number of allylic oxidation sites excluding steroid dienone is 2. The van der Waals surface area contributed by atoms with E-state index in [4.69, 9.17) is 11.6 Å². The van der Waals surface area contributed by atoms with Crippen molar-refractivity contribution in [2.45, 2.75) is 39.0 Å². The van der Waals surface area contributed by atoms with Crippen LogP contribution in [0.1, 0.15) is 44.6 Å². The molecule has 2 aromatic carbocycles. The molecule has 0 saturated heterocycles. The van der Waals surface area contributed by atoms with Crippen LogP contribution in [0.4, 0.5) is 5.69 Å². The van der Waals surface area contributed by atoms with Gasteiger partial charge in [0.05, 0.1) is 5.69 Å². The van der Waals surface area contributed by atoms with Crippen molar-refractivity contribution < 1.29 is 9.59 Å². The summed E-state index contributed by atoms with van der Waals surface area (Å²) < 4.78 is 0.835. The summed E-state index contributed by atoms with van der Waals surface area (Å²) in [5.74, 6) is -0.194. The third-order valence-electron chi connectivity index (χ3n) is 5.52. The van der Waals surface area contributed by atoms with Gasteiger partial charge in [-0.1, -0.05) is 55.8 Å². The zero-order chi connectivity index (χ0) is 20.1. The second-order valence-corrected chi connectivity index (χ2v) is 9.52. The molecule has 2 aliphatic rings. The van der Waals surface area contributed by atoms with Gasteiger partial charge in [-0.05, 0) is 51.5 Å². The van der Waals surface area contributed by atoms with Gasteiger partial charge in [0.1, 0.15) is 0 Å². The first kappa shape index (κ1) is 19.4. The Labute approximate surface area is 178 Å². The Morgan fingerprint density at radius 2 is 1.71 bits per heavy atom. The van der Waals surface area contributed by atoms with Gasteiger partial charge in [-0.3, -0.25) is 14.5 Å². The lowest BCUT2D eigenvalue weighted by Crippen LogP contribution is -2.43. The normalized spacial score (nSPS) is 21.7. The summed E-state index contributed by atoms with van der Waals surface area (Å²) in [4.78, 5) is 28.3. The lowest BCUT2D eigenvalue weighted by atomic mass is 9.69. The molecule has 28 heavy (non-hydrogen) atoms. The van der Waals surface area contributed by atoms with Gasteiger partial charge in [0, 0.05) is 39.5 Å². The van der Waals surface area contributed by atoms with Crippen molar-refractivity contribution in [1.29, 1.82) is 0 Å². The number of hydrogen-bond donors (Lipinski definition) is 0. The highest BCUT2D eigenvalue weighted by Crippen LogP contribution is 2.49. The number of Topliss-reactive ketones (excluding diaryl/α,β-unsaturated/α-hetero) is 1. The summed E-state index contributed by atoms with van der Waals surface area (Å²) in [5, 5.41) is 0.596. The lowest BCUT2D eigenvalue weighted by Gasteiger charge is -2.43. The fraction of sp³-hybridized carbons (Fsp3) is 0.304. The van der Waals surface area contributed by atoms with E-state index in [0.717, 1.165) is 27.0 Å². The van der Waals surface area contributed by atoms with Crippen molar-refractivity contribution in [2.75, 3.05) is 4.90 Å². The Hall–Kier alpha value is -1.91. The number of amides is 1. The molecule has 1 unspecified atom stereocenters. The molecule has 3 nitrogen and oxygen atoms in total. The van der Waals surface area contributed by atoms with Crippen LogP contribution in [-0.2, 0) is 9.59 Å². The van der Waals surface area contributed by atoms with Crippen molar-refractivity contribution >= 4 is 44.9 Å². The van der Waals surface area contributed by atoms with Gasteiger partial charge < -0.3 is 0 Å². The molecule has 0 aromatic heterocycles. The van der Waals surface area contributed by atoms with Gasteiger partial charge in [-0.25, -0.2) is 0 Å². The molecule has 5 heteroatoms. The average Bonchev–Trinajstić information content (AvgIpc) is 2.61. The third-order valence-corrected chi connectivity index (χ3v) is 6.53. The third kappa shape index (κ3) is 3.33. The van der Waals surface area contributed by atoms with Crippen LogP contribution in [0.15, 0.2) is 64.3 Å². The first-order valence-corrected chi connectivity index (χ1v) is 10.5. The maximum atomic E-state index is 13.3. The van der Waals surface area contributed by atoms with Crippen LogP contribution in [0, 0.1) is 5.41 Å². The van der Waals surface area contributed by atoms with E-state index in [1.54, 1.807) is 4.90 Å². The number of anilines is 1. The van der Waals surface area contributed by atoms with Crippen molar-refractivity contribution in [3.63, 3.8) is 0 Å². The first-order chi connectivity index (χ1) is 13.3. The first-order valence-electron chi connectivity index (χ1n) is 9.37. The quantitative estimate of drug-likeness (QED) is 0.532. The summed E-state index contributed by atoms with van der Waals surface area (Å²) in [6, 6.07) is 15.2. The Balaban J connectivity index is 1.94. The SMILES string of the molecule is CC1(C)CC(=O)C2=C(C1)N(c1ccccc1Br)C(=O)CC2c1ccccc1Cl. The van der Waals surface area contributed by atoms with Gasteiger partial charge in [0.2, 0.25) is 5.91 Å². The highest BCUT2D eigenvalue weighted by Gasteiger charge is 2.45. The van der Waals surface area contributed by atoms with Crippen LogP contribution in [0.5, 0.6) is 0 Å². The van der Waals surface area contributed by atoms with Crippen LogP contribution in [0.2, 0.25) is 5.02 Å². The molecule has 4 rings (SSSR count). The van der Waals surface area contributed by atoms with E-state index in [2.05, 4.69) is 29.8 Å². The van der Waals surface area contributed by atoms with Crippen molar-refractivity contribution in [3.05, 3.63) is 74.9 Å². The number of carbonyl (C=O) groups is 2. The van der Waals surface area contributed by atoms with Crippen LogP contribution in [0.25, 0.3) is 0 Å². The number of halogens is 2. The number of hydrogen-bond acceptors (Lipinski definition) is 2. The molecule has 0 bridgehead atoms. The fourth-order valence-corrected chi connectivity index (χ4v) is 5.08. The minimum atomic E-state index is -0.293. The summed E-state index contributed by atoms with van der Waals surface area (Å²) in [7, 11) is 0. The maximum Gasteiger partial charge on any atom is 0.232 e. The minimum Gasteiger partial charge on any atom is -0.294 e. The zero-order valence-electron chi connectivity index (χ0n) is 15.8. The highest BCUT2D eigenvalue weighted by molar-refractivity contribution is 9.10. The standard InChI is InChI=1S/C23H21BrClNO2/c1-23(2)12-19-22(20(27)13-23)15(14-7-3-5-9-17(14)25)11-21(28)26(19)18-10-6-4-8-16(18)24/h3-10,15H,11-13H2,1-2H3. The van der Waals surface area contributed by atoms with Crippen LogP contribution < -0.4 is 4.90 Å². The Bertz CT molecular complexity index is 1010. The maximum absolute atomic E-state index is 13.3. The van der Waals surface area contributed by atoms with Crippen molar-refractivity contribution in [3.8, 4) is 0 Å². The summed E-state index contributed by atoms with van der Waals surface area (Å²) >= 11 is 10.0. The van der Waals surface area contributed by atoms with E-state index < -0.39 is 0 Å². The predicted octanol–water partition coefficient (Wildman–Crippen LogP) is 6.27. The van der Waals surface area contributed by atoms with Gasteiger partial charge in [-0.15, -0.1) is 0 Å². The highest BCUT2D eigenvalue weighted by atomic mass is 79.9. The molecule has 144 valence electrons. The van der Waals surface area contributed by atoms with Crippen LogP contribution in [0.3, 0.4) is 0 Å². The molecular formula is C23H21BrClNO2. The Kier molecular flexibility index (Phi) is 4.96. The molecule has 1 atom stereocenters. The molecular weight excluding hydrogens is 438 g/mol. The largest absolute Gasteiger partial charge is 0.294 e. The Morgan fingerprint density at radius 3 is 2.43 bits per heavy atom. The van der Waals surface area contributed by atoms with E-state index in [0.29, 0.717) is 17.9 Å². The van der Waals surface area contributed by atoms with E-state index >= 15 is 0 Å². The molecule has 0 fully saturated rings. The fourth-order valence-electron chi connectivity index (χ4n) is 4.35. The van der Waals surface area contributed by atoms with E-state index in [1.165, 1.54) is 0 Å². The van der Waals surface area contributed by atoms with Gasteiger partial charge in [-0.2, -0.15) is 0 Å². The average molecular weight is 459 g/mol. The predicted molar refractivity (Wildman–Crippen MR) is 115 cm³/mol. The number of carbonyl (C=O) groups excluding carboxylic acids is 2. The summed E-state index contributed by atoms with van der Waals surface area (Å²) in [5.41, 5.74) is 2.99. The molecule has 0 spiro atoms. The molecule has 1 aliphatic heterocycles. The molecule has 2 aromatic rings.